The molecule has 8 nitrogen and oxygen atoms in total. The Labute approximate surface area is 264 Å². The van der Waals surface area contributed by atoms with Gasteiger partial charge in [0.1, 0.15) is 26.4 Å². The van der Waals surface area contributed by atoms with E-state index in [0.717, 1.165) is 33.0 Å². The maximum atomic E-state index is 13.3. The Hall–Kier alpha value is -4.72. The van der Waals surface area contributed by atoms with Crippen molar-refractivity contribution in [3.05, 3.63) is 96.1 Å². The maximum absolute atomic E-state index is 13.3. The highest BCUT2D eigenvalue weighted by atomic mass is 16.6. The Morgan fingerprint density at radius 1 is 0.622 bits per heavy atom. The lowest BCUT2D eigenvalue weighted by molar-refractivity contribution is -0.154. The Kier molecular flexibility index (Phi) is 10.6. The highest BCUT2D eigenvalue weighted by molar-refractivity contribution is 5.94. The van der Waals surface area contributed by atoms with Gasteiger partial charge in [-0.05, 0) is 71.8 Å². The number of carbonyl (C=O) groups is 4. The normalized spacial score (nSPS) is 16.1. The lowest BCUT2D eigenvalue weighted by Gasteiger charge is -2.36. The van der Waals surface area contributed by atoms with Gasteiger partial charge in [0.2, 0.25) is 0 Å². The molecule has 0 spiro atoms. The molecule has 3 aromatic carbocycles. The summed E-state index contributed by atoms with van der Waals surface area (Å²) in [6, 6.07) is 20.5. The topological polar surface area (TPSA) is 105 Å². The van der Waals surface area contributed by atoms with E-state index in [1.807, 2.05) is 38.1 Å². The SMILES string of the molecule is C=C(C)C(=O)OCCOC(=O)C(C)CC1(CC(C)C(=O)OCCOC(=O)C(=C)C)c2ccccc2-c2cc3ccccc3cc21. The third-order valence-electron chi connectivity index (χ3n) is 8.07. The molecule has 0 bridgehead atoms. The Morgan fingerprint density at radius 2 is 1.07 bits per heavy atom. The van der Waals surface area contributed by atoms with Crippen molar-refractivity contribution in [2.75, 3.05) is 26.4 Å². The molecule has 0 radical (unpaired) electrons. The van der Waals surface area contributed by atoms with Gasteiger partial charge >= 0.3 is 23.9 Å². The fourth-order valence-electron chi connectivity index (χ4n) is 5.96. The lowest BCUT2D eigenvalue weighted by Crippen LogP contribution is -2.35. The zero-order valence-corrected chi connectivity index (χ0v) is 26.4. The number of esters is 4. The van der Waals surface area contributed by atoms with Gasteiger partial charge in [0.15, 0.2) is 0 Å². The minimum atomic E-state index is -0.717. The molecule has 45 heavy (non-hydrogen) atoms. The van der Waals surface area contributed by atoms with Crippen molar-refractivity contribution < 1.29 is 38.1 Å². The molecule has 236 valence electrons. The van der Waals surface area contributed by atoms with Gasteiger partial charge in [-0.2, -0.15) is 0 Å². The number of fused-ring (bicyclic) bond motifs is 4. The summed E-state index contributed by atoms with van der Waals surface area (Å²) in [7, 11) is 0. The zero-order valence-electron chi connectivity index (χ0n) is 26.4. The summed E-state index contributed by atoms with van der Waals surface area (Å²) < 4.78 is 21.1. The van der Waals surface area contributed by atoms with Crippen LogP contribution in [-0.2, 0) is 43.5 Å². The lowest BCUT2D eigenvalue weighted by atomic mass is 9.67. The predicted molar refractivity (Wildman–Crippen MR) is 171 cm³/mol. The number of hydrogen-bond donors (Lipinski definition) is 0. The largest absolute Gasteiger partial charge is 0.462 e. The highest BCUT2D eigenvalue weighted by Crippen LogP contribution is 2.55. The van der Waals surface area contributed by atoms with Crippen LogP contribution in [0, 0.1) is 11.8 Å². The van der Waals surface area contributed by atoms with E-state index >= 15 is 0 Å². The van der Waals surface area contributed by atoms with Crippen LogP contribution in [0.1, 0.15) is 51.7 Å². The van der Waals surface area contributed by atoms with Crippen LogP contribution in [-0.4, -0.2) is 50.3 Å². The van der Waals surface area contributed by atoms with E-state index < -0.39 is 41.1 Å². The molecule has 4 rings (SSSR count). The molecular formula is C37H40O8. The summed E-state index contributed by atoms with van der Waals surface area (Å²) >= 11 is 0. The van der Waals surface area contributed by atoms with Crippen molar-refractivity contribution in [2.45, 2.75) is 46.0 Å². The monoisotopic (exact) mass is 612 g/mol. The molecule has 0 saturated carbocycles. The van der Waals surface area contributed by atoms with Crippen molar-refractivity contribution in [3.8, 4) is 11.1 Å². The van der Waals surface area contributed by atoms with Crippen molar-refractivity contribution in [3.63, 3.8) is 0 Å². The number of ether oxygens (including phenoxy) is 4. The fourth-order valence-corrected chi connectivity index (χ4v) is 5.96. The molecule has 0 N–H and O–H groups in total. The average molecular weight is 613 g/mol. The third-order valence-corrected chi connectivity index (χ3v) is 8.07. The molecule has 2 atom stereocenters. The van der Waals surface area contributed by atoms with E-state index in [1.54, 1.807) is 13.8 Å². The molecule has 1 aliphatic carbocycles. The van der Waals surface area contributed by atoms with Crippen LogP contribution in [0.4, 0.5) is 0 Å². The first-order valence-electron chi connectivity index (χ1n) is 15.1. The fraction of sp³-hybridized carbons (Fsp3) is 0.351. The van der Waals surface area contributed by atoms with Gasteiger partial charge in [-0.15, -0.1) is 0 Å². The molecule has 0 heterocycles. The summed E-state index contributed by atoms with van der Waals surface area (Å²) in [5.74, 6) is -3.06. The van der Waals surface area contributed by atoms with E-state index in [-0.39, 0.29) is 37.6 Å². The van der Waals surface area contributed by atoms with Crippen molar-refractivity contribution in [1.29, 1.82) is 0 Å². The highest BCUT2D eigenvalue weighted by Gasteiger charge is 2.47. The summed E-state index contributed by atoms with van der Waals surface area (Å²) in [5.41, 5.74) is 3.99. The molecular weight excluding hydrogens is 572 g/mol. The molecule has 0 amide bonds. The average Bonchev–Trinajstić information content (AvgIpc) is 3.27. The molecule has 1 aliphatic rings. The first kappa shape index (κ1) is 33.2. The predicted octanol–water partition coefficient (Wildman–Crippen LogP) is 6.48. The van der Waals surface area contributed by atoms with Crippen molar-refractivity contribution >= 4 is 34.6 Å². The summed E-state index contributed by atoms with van der Waals surface area (Å²) in [6.07, 6.45) is 0.737. The number of carbonyl (C=O) groups excluding carboxylic acids is 4. The molecule has 0 aliphatic heterocycles. The van der Waals surface area contributed by atoms with Crippen LogP contribution in [0.15, 0.2) is 85.0 Å². The van der Waals surface area contributed by atoms with Crippen LogP contribution in [0.5, 0.6) is 0 Å². The van der Waals surface area contributed by atoms with Gasteiger partial charge in [0.05, 0.1) is 11.8 Å². The Bertz CT molecular complexity index is 1580. The van der Waals surface area contributed by atoms with Crippen molar-refractivity contribution in [1.82, 2.24) is 0 Å². The van der Waals surface area contributed by atoms with Crippen LogP contribution in [0.3, 0.4) is 0 Å². The summed E-state index contributed by atoms with van der Waals surface area (Å²) in [5, 5.41) is 2.15. The van der Waals surface area contributed by atoms with Gasteiger partial charge in [-0.3, -0.25) is 9.59 Å². The van der Waals surface area contributed by atoms with Gasteiger partial charge in [-0.25, -0.2) is 9.59 Å². The van der Waals surface area contributed by atoms with E-state index in [4.69, 9.17) is 18.9 Å². The van der Waals surface area contributed by atoms with Gasteiger partial charge in [0, 0.05) is 16.6 Å². The van der Waals surface area contributed by atoms with E-state index in [0.29, 0.717) is 12.8 Å². The van der Waals surface area contributed by atoms with Gasteiger partial charge < -0.3 is 18.9 Å². The minimum Gasteiger partial charge on any atom is -0.462 e. The molecule has 0 saturated heterocycles. The second-order valence-electron chi connectivity index (χ2n) is 11.8. The third kappa shape index (κ3) is 7.51. The maximum Gasteiger partial charge on any atom is 0.333 e. The molecule has 8 heteroatoms. The van der Waals surface area contributed by atoms with E-state index in [1.165, 1.54) is 0 Å². The van der Waals surface area contributed by atoms with E-state index in [9.17, 15) is 19.2 Å². The van der Waals surface area contributed by atoms with Gasteiger partial charge in [-0.1, -0.05) is 75.5 Å². The second-order valence-corrected chi connectivity index (χ2v) is 11.8. The standard InChI is InChI=1S/C37H40O8/c1-23(2)33(38)42-15-17-44-35(40)25(5)21-37(22-26(6)36(41)45-18-16-43-34(39)24(3)4)31-14-10-9-13-29(31)30-19-27-11-7-8-12-28(27)20-32(30)37/h7-14,19-20,25-26H,1,3,15-18,21-22H2,2,4-6H3. The smallest absolute Gasteiger partial charge is 0.333 e. The van der Waals surface area contributed by atoms with Gasteiger partial charge in [0.25, 0.3) is 0 Å². The molecule has 2 unspecified atom stereocenters. The van der Waals surface area contributed by atoms with Crippen LogP contribution < -0.4 is 0 Å². The zero-order chi connectivity index (χ0) is 32.7. The Balaban J connectivity index is 1.62. The first-order chi connectivity index (χ1) is 21.4. The Morgan fingerprint density at radius 3 is 1.58 bits per heavy atom. The van der Waals surface area contributed by atoms with Crippen LogP contribution in [0.25, 0.3) is 21.9 Å². The molecule has 0 fully saturated rings. The summed E-state index contributed by atoms with van der Waals surface area (Å²) in [4.78, 5) is 49.9. The van der Waals surface area contributed by atoms with Crippen LogP contribution in [0.2, 0.25) is 0 Å². The first-order valence-corrected chi connectivity index (χ1v) is 15.1. The number of rotatable bonds is 14. The minimum absolute atomic E-state index is 0.0719. The number of benzene rings is 3. The second kappa shape index (κ2) is 14.4. The molecule has 0 aromatic heterocycles. The summed E-state index contributed by atoms with van der Waals surface area (Å²) in [6.45, 7) is 13.5. The van der Waals surface area contributed by atoms with E-state index in [2.05, 4.69) is 49.6 Å². The quantitative estimate of drug-likeness (QED) is 0.0881. The molecule has 3 aromatic rings. The number of hydrogen-bond acceptors (Lipinski definition) is 8. The van der Waals surface area contributed by atoms with Crippen LogP contribution >= 0.6 is 0 Å². The van der Waals surface area contributed by atoms with Crippen molar-refractivity contribution in [2.24, 2.45) is 11.8 Å².